The zero-order valence-corrected chi connectivity index (χ0v) is 13.0. The first-order valence-electron chi connectivity index (χ1n) is 7.83. The Morgan fingerprint density at radius 2 is 2.00 bits per heavy atom. The van der Waals surface area contributed by atoms with E-state index in [4.69, 9.17) is 9.47 Å². The van der Waals surface area contributed by atoms with Gasteiger partial charge in [-0.05, 0) is 38.8 Å². The summed E-state index contributed by atoms with van der Waals surface area (Å²) in [6.07, 6.45) is 4.78. The van der Waals surface area contributed by atoms with Crippen LogP contribution in [0, 0.1) is 0 Å². The van der Waals surface area contributed by atoms with Crippen molar-refractivity contribution in [3.05, 3.63) is 23.8 Å². The molecule has 0 bridgehead atoms. The molecule has 116 valence electrons. The molecule has 1 saturated heterocycles. The predicted octanol–water partition coefficient (Wildman–Crippen LogP) is 2.24. The second-order valence-electron chi connectivity index (χ2n) is 6.47. The molecule has 0 radical (unpaired) electrons. The average molecular weight is 291 g/mol. The fraction of sp³-hybridized carbons (Fsp3) is 0.647. The van der Waals surface area contributed by atoms with E-state index >= 15 is 0 Å². The normalized spacial score (nSPS) is 22.0. The maximum Gasteiger partial charge on any atom is 0.164 e. The van der Waals surface area contributed by atoms with Crippen molar-refractivity contribution in [2.24, 2.45) is 0 Å². The van der Waals surface area contributed by atoms with Gasteiger partial charge in [-0.15, -0.1) is 0 Å². The molecule has 2 aliphatic rings. The van der Waals surface area contributed by atoms with Crippen LogP contribution in [0.1, 0.15) is 31.2 Å². The summed E-state index contributed by atoms with van der Waals surface area (Å²) in [5.41, 5.74) is 0.530. The number of methoxy groups -OCH3 is 1. The molecule has 1 aromatic carbocycles. The van der Waals surface area contributed by atoms with Crippen LogP contribution in [0.25, 0.3) is 0 Å². The van der Waals surface area contributed by atoms with Gasteiger partial charge in [-0.3, -0.25) is 0 Å². The Kier molecular flexibility index (Phi) is 4.09. The number of piperidine rings is 1. The second kappa shape index (κ2) is 5.85. The van der Waals surface area contributed by atoms with Crippen molar-refractivity contribution in [3.8, 4) is 11.5 Å². The van der Waals surface area contributed by atoms with Crippen molar-refractivity contribution in [2.75, 3.05) is 27.2 Å². The van der Waals surface area contributed by atoms with E-state index in [-0.39, 0.29) is 6.10 Å². The highest BCUT2D eigenvalue weighted by Crippen LogP contribution is 2.42. The van der Waals surface area contributed by atoms with Crippen LogP contribution < -0.4 is 9.47 Å². The minimum absolute atomic E-state index is 0.259. The highest BCUT2D eigenvalue weighted by Gasteiger charge is 2.41. The van der Waals surface area contributed by atoms with Gasteiger partial charge in [0.25, 0.3) is 0 Å². The molecular formula is C17H25NO3. The first kappa shape index (κ1) is 14.7. The standard InChI is InChI=1S/C17H25NO3/c1-18-10-6-14(7-11-18)21-15-5-3-4-13(16(15)20-2)12-17(19)8-9-17/h3-5,14,19H,6-12H2,1-2H3. The summed E-state index contributed by atoms with van der Waals surface area (Å²) in [5, 5.41) is 10.1. The Hall–Kier alpha value is -1.26. The van der Waals surface area contributed by atoms with E-state index in [1.165, 1.54) is 0 Å². The number of aliphatic hydroxyl groups is 1. The Morgan fingerprint density at radius 3 is 2.62 bits per heavy atom. The number of hydrogen-bond donors (Lipinski definition) is 1. The number of likely N-dealkylation sites (tertiary alicyclic amines) is 1. The molecule has 2 fully saturated rings. The van der Waals surface area contributed by atoms with Gasteiger partial charge < -0.3 is 19.5 Å². The van der Waals surface area contributed by atoms with E-state index < -0.39 is 5.60 Å². The largest absolute Gasteiger partial charge is 0.493 e. The summed E-state index contributed by atoms with van der Waals surface area (Å²) < 4.78 is 11.7. The number of benzene rings is 1. The highest BCUT2D eigenvalue weighted by atomic mass is 16.5. The lowest BCUT2D eigenvalue weighted by Crippen LogP contribution is -2.35. The van der Waals surface area contributed by atoms with Gasteiger partial charge in [-0.2, -0.15) is 0 Å². The molecule has 0 spiro atoms. The van der Waals surface area contributed by atoms with Crippen LogP contribution in [0.15, 0.2) is 18.2 Å². The van der Waals surface area contributed by atoms with Crippen LogP contribution in [-0.4, -0.2) is 49.0 Å². The number of para-hydroxylation sites is 1. The van der Waals surface area contributed by atoms with Gasteiger partial charge in [0.05, 0.1) is 12.7 Å². The molecule has 4 heteroatoms. The number of nitrogens with zero attached hydrogens (tertiary/aromatic N) is 1. The van der Waals surface area contributed by atoms with Crippen molar-refractivity contribution in [1.82, 2.24) is 4.90 Å². The molecule has 21 heavy (non-hydrogen) atoms. The lowest BCUT2D eigenvalue weighted by atomic mass is 10.0. The van der Waals surface area contributed by atoms with Gasteiger partial charge in [0.1, 0.15) is 6.10 Å². The van der Waals surface area contributed by atoms with E-state index in [0.29, 0.717) is 6.42 Å². The summed E-state index contributed by atoms with van der Waals surface area (Å²) in [5.74, 6) is 1.60. The molecule has 4 nitrogen and oxygen atoms in total. The molecule has 1 saturated carbocycles. The molecular weight excluding hydrogens is 266 g/mol. The molecule has 0 amide bonds. The van der Waals surface area contributed by atoms with E-state index in [2.05, 4.69) is 11.9 Å². The lowest BCUT2D eigenvalue weighted by Gasteiger charge is -2.30. The van der Waals surface area contributed by atoms with Gasteiger partial charge in [-0.25, -0.2) is 0 Å². The minimum atomic E-state index is -0.514. The number of ether oxygens (including phenoxy) is 2. The molecule has 1 heterocycles. The zero-order valence-electron chi connectivity index (χ0n) is 13.0. The molecule has 0 aromatic heterocycles. The lowest BCUT2D eigenvalue weighted by molar-refractivity contribution is 0.110. The highest BCUT2D eigenvalue weighted by molar-refractivity contribution is 5.47. The third-order valence-corrected chi connectivity index (χ3v) is 4.57. The first-order valence-corrected chi connectivity index (χ1v) is 7.83. The van der Waals surface area contributed by atoms with E-state index in [0.717, 1.165) is 55.8 Å². The van der Waals surface area contributed by atoms with Crippen molar-refractivity contribution < 1.29 is 14.6 Å². The maximum absolute atomic E-state index is 10.1. The fourth-order valence-electron chi connectivity index (χ4n) is 2.98. The van der Waals surface area contributed by atoms with Crippen molar-refractivity contribution in [1.29, 1.82) is 0 Å². The molecule has 1 N–H and O–H groups in total. The Labute approximate surface area is 126 Å². The van der Waals surface area contributed by atoms with Gasteiger partial charge in [0.15, 0.2) is 11.5 Å². The monoisotopic (exact) mass is 291 g/mol. The summed E-state index contributed by atoms with van der Waals surface area (Å²) in [6.45, 7) is 2.15. The van der Waals surface area contributed by atoms with Crippen molar-refractivity contribution in [2.45, 2.75) is 43.8 Å². The second-order valence-corrected chi connectivity index (χ2v) is 6.47. The van der Waals surface area contributed by atoms with Crippen molar-refractivity contribution >= 4 is 0 Å². The van der Waals surface area contributed by atoms with E-state index in [1.54, 1.807) is 7.11 Å². The average Bonchev–Trinajstić information content (AvgIpc) is 3.19. The topological polar surface area (TPSA) is 41.9 Å². The van der Waals surface area contributed by atoms with Crippen LogP contribution in [0.2, 0.25) is 0 Å². The third-order valence-electron chi connectivity index (χ3n) is 4.57. The van der Waals surface area contributed by atoms with Gasteiger partial charge >= 0.3 is 0 Å². The van der Waals surface area contributed by atoms with E-state index in [9.17, 15) is 5.11 Å². The molecule has 1 aliphatic heterocycles. The molecule has 1 aromatic rings. The zero-order chi connectivity index (χ0) is 14.9. The van der Waals surface area contributed by atoms with Crippen LogP contribution in [0.3, 0.4) is 0 Å². The molecule has 0 unspecified atom stereocenters. The SMILES string of the molecule is COc1c(CC2(O)CC2)cccc1OC1CCN(C)CC1. The van der Waals surface area contributed by atoms with Crippen LogP contribution in [-0.2, 0) is 6.42 Å². The van der Waals surface area contributed by atoms with Crippen LogP contribution in [0.5, 0.6) is 11.5 Å². The van der Waals surface area contributed by atoms with Gasteiger partial charge in [-0.1, -0.05) is 12.1 Å². The number of rotatable bonds is 5. The number of hydrogen-bond acceptors (Lipinski definition) is 4. The summed E-state index contributed by atoms with van der Waals surface area (Å²) in [7, 11) is 3.82. The third kappa shape index (κ3) is 3.50. The molecule has 3 rings (SSSR count). The van der Waals surface area contributed by atoms with E-state index in [1.807, 2.05) is 18.2 Å². The van der Waals surface area contributed by atoms with Crippen molar-refractivity contribution in [3.63, 3.8) is 0 Å². The molecule has 1 aliphatic carbocycles. The minimum Gasteiger partial charge on any atom is -0.493 e. The maximum atomic E-state index is 10.1. The Bertz CT molecular complexity index is 491. The summed E-state index contributed by atoms with van der Waals surface area (Å²) >= 11 is 0. The van der Waals surface area contributed by atoms with Gasteiger partial charge in [0.2, 0.25) is 0 Å². The smallest absolute Gasteiger partial charge is 0.164 e. The van der Waals surface area contributed by atoms with Crippen LogP contribution in [0.4, 0.5) is 0 Å². The summed E-state index contributed by atoms with van der Waals surface area (Å²) in [4.78, 5) is 2.33. The summed E-state index contributed by atoms with van der Waals surface area (Å²) in [6, 6.07) is 5.99. The Balaban J connectivity index is 1.73. The fourth-order valence-corrected chi connectivity index (χ4v) is 2.98. The quantitative estimate of drug-likeness (QED) is 0.903. The Morgan fingerprint density at radius 1 is 1.29 bits per heavy atom. The van der Waals surface area contributed by atoms with Gasteiger partial charge in [0, 0.05) is 25.1 Å². The first-order chi connectivity index (χ1) is 10.1. The van der Waals surface area contributed by atoms with Crippen LogP contribution >= 0.6 is 0 Å². The predicted molar refractivity (Wildman–Crippen MR) is 82.0 cm³/mol. The molecule has 0 atom stereocenters.